The maximum atomic E-state index is 11.3. The number of rotatable bonds is 3. The number of piperidine rings is 1. The van der Waals surface area contributed by atoms with Crippen LogP contribution in [0.2, 0.25) is 5.02 Å². The van der Waals surface area contributed by atoms with Crippen LogP contribution in [-0.2, 0) is 4.74 Å². The Hall–Kier alpha value is -1.06. The highest BCUT2D eigenvalue weighted by molar-refractivity contribution is 6.33. The second-order valence-corrected chi connectivity index (χ2v) is 5.62. The summed E-state index contributed by atoms with van der Waals surface area (Å²) in [6.07, 6.45) is 1.32. The second-order valence-electron chi connectivity index (χ2n) is 5.21. The number of Topliss-reactive ketones (excluding diaryl/α,β-unsaturated/α-hetero) is 1. The first-order valence-electron chi connectivity index (χ1n) is 6.61. The van der Waals surface area contributed by atoms with E-state index in [1.165, 1.54) is 0 Å². The van der Waals surface area contributed by atoms with Gasteiger partial charge in [0.2, 0.25) is 0 Å². The lowest BCUT2D eigenvalue weighted by atomic mass is 9.95. The van der Waals surface area contributed by atoms with Crippen LogP contribution in [0.5, 0.6) is 0 Å². The van der Waals surface area contributed by atoms with Crippen LogP contribution in [0.25, 0.3) is 0 Å². The Morgan fingerprint density at radius 3 is 2.79 bits per heavy atom. The fourth-order valence-corrected chi connectivity index (χ4v) is 2.84. The van der Waals surface area contributed by atoms with Crippen LogP contribution < -0.4 is 4.90 Å². The van der Waals surface area contributed by atoms with Gasteiger partial charge in [-0.2, -0.15) is 0 Å². The van der Waals surface area contributed by atoms with E-state index in [0.29, 0.717) is 16.5 Å². The van der Waals surface area contributed by atoms with Crippen LogP contribution in [0, 0.1) is 5.92 Å². The number of ketones is 1. The van der Waals surface area contributed by atoms with Gasteiger partial charge in [-0.25, -0.2) is 0 Å². The van der Waals surface area contributed by atoms with Gasteiger partial charge in [0.05, 0.1) is 16.8 Å². The summed E-state index contributed by atoms with van der Waals surface area (Å²) in [7, 11) is 1.76. The Bertz CT molecular complexity index is 475. The number of anilines is 1. The zero-order valence-electron chi connectivity index (χ0n) is 11.6. The van der Waals surface area contributed by atoms with Crippen LogP contribution in [0.1, 0.15) is 30.6 Å². The molecule has 0 amide bonds. The van der Waals surface area contributed by atoms with Gasteiger partial charge in [-0.05, 0) is 37.5 Å². The Morgan fingerprint density at radius 2 is 2.21 bits per heavy atom. The Balaban J connectivity index is 2.20. The van der Waals surface area contributed by atoms with E-state index >= 15 is 0 Å². The molecule has 104 valence electrons. The number of methoxy groups -OCH3 is 1. The van der Waals surface area contributed by atoms with Crippen LogP contribution in [0.4, 0.5) is 5.69 Å². The molecule has 0 bridgehead atoms. The SMILES string of the molecule is COC1CN(c2ccc(C(C)=O)cc2Cl)CCC1C. The topological polar surface area (TPSA) is 29.5 Å². The smallest absolute Gasteiger partial charge is 0.159 e. The molecule has 2 unspecified atom stereocenters. The number of halogens is 1. The average Bonchev–Trinajstić information content (AvgIpc) is 2.39. The largest absolute Gasteiger partial charge is 0.379 e. The van der Waals surface area contributed by atoms with Crippen molar-refractivity contribution in [3.63, 3.8) is 0 Å². The first kappa shape index (κ1) is 14.4. The average molecular weight is 282 g/mol. The molecule has 1 aromatic rings. The summed E-state index contributed by atoms with van der Waals surface area (Å²) < 4.78 is 5.52. The molecule has 1 aliphatic heterocycles. The molecule has 0 aromatic heterocycles. The third-order valence-electron chi connectivity index (χ3n) is 3.89. The van der Waals surface area contributed by atoms with E-state index in [4.69, 9.17) is 16.3 Å². The number of carbonyl (C=O) groups excluding carboxylic acids is 1. The number of ether oxygens (including phenoxy) is 1. The molecule has 1 heterocycles. The number of nitrogens with zero attached hydrogens (tertiary/aromatic N) is 1. The van der Waals surface area contributed by atoms with Gasteiger partial charge in [-0.15, -0.1) is 0 Å². The molecule has 0 spiro atoms. The molecule has 1 saturated heterocycles. The van der Waals surface area contributed by atoms with Crippen molar-refractivity contribution >= 4 is 23.1 Å². The minimum Gasteiger partial charge on any atom is -0.379 e. The van der Waals surface area contributed by atoms with E-state index in [-0.39, 0.29) is 11.9 Å². The maximum Gasteiger partial charge on any atom is 0.159 e. The van der Waals surface area contributed by atoms with Crippen molar-refractivity contribution < 1.29 is 9.53 Å². The van der Waals surface area contributed by atoms with Gasteiger partial charge in [0, 0.05) is 25.8 Å². The molecule has 1 fully saturated rings. The molecule has 0 radical (unpaired) electrons. The van der Waals surface area contributed by atoms with Crippen LogP contribution >= 0.6 is 11.6 Å². The molecule has 3 nitrogen and oxygen atoms in total. The van der Waals surface area contributed by atoms with Gasteiger partial charge in [0.15, 0.2) is 5.78 Å². The quantitative estimate of drug-likeness (QED) is 0.795. The van der Waals surface area contributed by atoms with Crippen molar-refractivity contribution in [3.8, 4) is 0 Å². The lowest BCUT2D eigenvalue weighted by Gasteiger charge is -2.38. The molecular weight excluding hydrogens is 262 g/mol. The third-order valence-corrected chi connectivity index (χ3v) is 4.19. The molecule has 19 heavy (non-hydrogen) atoms. The fourth-order valence-electron chi connectivity index (χ4n) is 2.54. The van der Waals surface area contributed by atoms with Crippen molar-refractivity contribution in [1.29, 1.82) is 0 Å². The van der Waals surface area contributed by atoms with Crippen molar-refractivity contribution in [2.24, 2.45) is 5.92 Å². The van der Waals surface area contributed by atoms with Gasteiger partial charge < -0.3 is 9.64 Å². The number of carbonyl (C=O) groups is 1. The number of hydrogen-bond acceptors (Lipinski definition) is 3. The highest BCUT2D eigenvalue weighted by Gasteiger charge is 2.27. The van der Waals surface area contributed by atoms with E-state index in [2.05, 4.69) is 11.8 Å². The molecule has 0 saturated carbocycles. The van der Waals surface area contributed by atoms with E-state index < -0.39 is 0 Å². The number of hydrogen-bond donors (Lipinski definition) is 0. The molecule has 1 aromatic carbocycles. The molecule has 0 aliphatic carbocycles. The predicted octanol–water partition coefficient (Wildman–Crippen LogP) is 3.40. The minimum atomic E-state index is 0.0375. The second kappa shape index (κ2) is 5.93. The summed E-state index contributed by atoms with van der Waals surface area (Å²) in [5.74, 6) is 0.604. The summed E-state index contributed by atoms with van der Waals surface area (Å²) in [4.78, 5) is 13.6. The normalized spacial score (nSPS) is 23.5. The molecule has 4 heteroatoms. The van der Waals surface area contributed by atoms with E-state index in [1.807, 2.05) is 12.1 Å². The van der Waals surface area contributed by atoms with Crippen LogP contribution in [0.3, 0.4) is 0 Å². The molecule has 0 N–H and O–H groups in total. The standard InChI is InChI=1S/C15H20ClNO2/c1-10-6-7-17(9-15(10)19-3)14-5-4-12(11(2)18)8-13(14)16/h4-5,8,10,15H,6-7,9H2,1-3H3. The minimum absolute atomic E-state index is 0.0375. The van der Waals surface area contributed by atoms with Crippen molar-refractivity contribution in [2.45, 2.75) is 26.4 Å². The van der Waals surface area contributed by atoms with Gasteiger partial charge in [0.25, 0.3) is 0 Å². The summed E-state index contributed by atoms with van der Waals surface area (Å²) >= 11 is 6.30. The molecule has 2 atom stereocenters. The highest BCUT2D eigenvalue weighted by Crippen LogP contribution is 2.31. The lowest BCUT2D eigenvalue weighted by molar-refractivity contribution is 0.0498. The summed E-state index contributed by atoms with van der Waals surface area (Å²) in [6, 6.07) is 5.52. The van der Waals surface area contributed by atoms with Crippen molar-refractivity contribution in [3.05, 3.63) is 28.8 Å². The predicted molar refractivity (Wildman–Crippen MR) is 78.2 cm³/mol. The van der Waals surface area contributed by atoms with Gasteiger partial charge in [0.1, 0.15) is 0 Å². The summed E-state index contributed by atoms with van der Waals surface area (Å²) in [5.41, 5.74) is 1.64. The van der Waals surface area contributed by atoms with Crippen LogP contribution in [0.15, 0.2) is 18.2 Å². The van der Waals surface area contributed by atoms with E-state index in [9.17, 15) is 4.79 Å². The molecule has 1 aliphatic rings. The number of benzene rings is 1. The zero-order chi connectivity index (χ0) is 14.0. The Morgan fingerprint density at radius 1 is 1.47 bits per heavy atom. The molecule has 2 rings (SSSR count). The van der Waals surface area contributed by atoms with Crippen molar-refractivity contribution in [1.82, 2.24) is 0 Å². The van der Waals surface area contributed by atoms with Gasteiger partial charge >= 0.3 is 0 Å². The van der Waals surface area contributed by atoms with Gasteiger partial charge in [-0.1, -0.05) is 18.5 Å². The monoisotopic (exact) mass is 281 g/mol. The van der Waals surface area contributed by atoms with Crippen LogP contribution in [-0.4, -0.2) is 32.1 Å². The Kier molecular flexibility index (Phi) is 4.48. The molecular formula is C15H20ClNO2. The van der Waals surface area contributed by atoms with Gasteiger partial charge in [-0.3, -0.25) is 4.79 Å². The summed E-state index contributed by atoms with van der Waals surface area (Å²) in [6.45, 7) is 5.58. The lowest BCUT2D eigenvalue weighted by Crippen LogP contribution is -2.44. The first-order chi connectivity index (χ1) is 9.02. The third kappa shape index (κ3) is 3.10. The van der Waals surface area contributed by atoms with Crippen molar-refractivity contribution in [2.75, 3.05) is 25.1 Å². The summed E-state index contributed by atoms with van der Waals surface area (Å²) in [5, 5.41) is 0.636. The zero-order valence-corrected chi connectivity index (χ0v) is 12.4. The first-order valence-corrected chi connectivity index (χ1v) is 6.99. The maximum absolute atomic E-state index is 11.3. The Labute approximate surface area is 119 Å². The van der Waals surface area contributed by atoms with E-state index in [0.717, 1.165) is 25.2 Å². The van der Waals surface area contributed by atoms with E-state index in [1.54, 1.807) is 20.1 Å². The highest BCUT2D eigenvalue weighted by atomic mass is 35.5. The fraction of sp³-hybridized carbons (Fsp3) is 0.533.